The van der Waals surface area contributed by atoms with Crippen LogP contribution in [-0.4, -0.2) is 34.6 Å². The Kier molecular flexibility index (Phi) is 4.59. The second-order valence-electron chi connectivity index (χ2n) is 3.09. The molecule has 1 aliphatic heterocycles. The summed E-state index contributed by atoms with van der Waals surface area (Å²) in [6.07, 6.45) is 1.12. The van der Waals surface area contributed by atoms with Crippen molar-refractivity contribution < 1.29 is 48.5 Å². The molecule has 88 valence electrons. The summed E-state index contributed by atoms with van der Waals surface area (Å²) in [6.45, 7) is -0.182. The van der Waals surface area contributed by atoms with Gasteiger partial charge in [-0.25, -0.2) is 9.80 Å². The monoisotopic (exact) mass is 261 g/mol. The molecule has 1 aliphatic rings. The van der Waals surface area contributed by atoms with E-state index in [1.807, 2.05) is 5.32 Å². The number of furan rings is 1. The largest absolute Gasteiger partial charge is 1.00 e. The summed E-state index contributed by atoms with van der Waals surface area (Å²) < 4.78 is 4.78. The molecule has 18 heavy (non-hydrogen) atoms. The molecule has 1 saturated heterocycles. The molecule has 1 aromatic rings. The second-order valence-corrected chi connectivity index (χ2v) is 3.09. The zero-order valence-electron chi connectivity index (χ0n) is 9.32. The number of hydrazone groups is 1. The topological polar surface area (TPSA) is 118 Å². The van der Waals surface area contributed by atoms with Crippen molar-refractivity contribution in [1.29, 1.82) is 0 Å². The number of hydrogen-bond acceptors (Lipinski definition) is 6. The van der Waals surface area contributed by atoms with Gasteiger partial charge in [0.15, 0.2) is 5.76 Å². The van der Waals surface area contributed by atoms with Gasteiger partial charge in [0.25, 0.3) is 0 Å². The van der Waals surface area contributed by atoms with Crippen molar-refractivity contribution in [3.63, 3.8) is 0 Å². The predicted molar refractivity (Wildman–Crippen MR) is 53.2 cm³/mol. The number of carbonyl (C=O) groups excluding carboxylic acids is 2. The van der Waals surface area contributed by atoms with Crippen molar-refractivity contribution in [2.24, 2.45) is 5.10 Å². The summed E-state index contributed by atoms with van der Waals surface area (Å²) in [7, 11) is 0. The number of amides is 3. The van der Waals surface area contributed by atoms with E-state index in [2.05, 4.69) is 5.10 Å². The molecule has 0 bridgehead atoms. The van der Waals surface area contributed by atoms with Gasteiger partial charge in [-0.15, -0.1) is 0 Å². The van der Waals surface area contributed by atoms with Crippen LogP contribution >= 0.6 is 0 Å². The van der Waals surface area contributed by atoms with Gasteiger partial charge in [0.2, 0.25) is 5.91 Å². The van der Waals surface area contributed by atoms with E-state index in [4.69, 9.17) is 4.42 Å². The van der Waals surface area contributed by atoms with Crippen molar-refractivity contribution in [3.05, 3.63) is 28.0 Å². The number of rotatable bonds is 3. The van der Waals surface area contributed by atoms with Crippen LogP contribution in [0.1, 0.15) is 5.76 Å². The van der Waals surface area contributed by atoms with Gasteiger partial charge in [-0.3, -0.25) is 20.2 Å². The minimum atomic E-state index is -0.691. The standard InChI is InChI=1S/C8H6N4O5.Na/c13-6-4-11(8(14)10-6)9-3-5-1-2-7(17-5)12(15)16;/h1-3H,4H2,(H,10,13,14);/q;+1. The molecule has 1 aromatic heterocycles. The minimum absolute atomic E-state index is 0. The summed E-state index contributed by atoms with van der Waals surface area (Å²) in [5, 5.41) is 16.9. The number of nitro groups is 1. The first-order valence-electron chi connectivity index (χ1n) is 4.46. The molecular formula is C8H6N4NaO5+. The molecule has 1 fully saturated rings. The third-order valence-corrected chi connectivity index (χ3v) is 1.89. The molecule has 9 nitrogen and oxygen atoms in total. The average molecular weight is 261 g/mol. The second kappa shape index (κ2) is 5.76. The predicted octanol–water partition coefficient (Wildman–Crippen LogP) is -2.92. The smallest absolute Gasteiger partial charge is 0.400 e. The van der Waals surface area contributed by atoms with Crippen molar-refractivity contribution >= 4 is 24.0 Å². The number of nitrogens with zero attached hydrogens (tertiary/aromatic N) is 3. The zero-order valence-corrected chi connectivity index (χ0v) is 11.3. The average Bonchev–Trinajstić information content (AvgIpc) is 2.82. The van der Waals surface area contributed by atoms with E-state index in [0.29, 0.717) is 0 Å². The Hall–Kier alpha value is -1.71. The number of imide groups is 1. The van der Waals surface area contributed by atoms with E-state index < -0.39 is 22.7 Å². The molecule has 2 heterocycles. The fraction of sp³-hybridized carbons (Fsp3) is 0.125. The van der Waals surface area contributed by atoms with Crippen LogP contribution in [0, 0.1) is 10.1 Å². The molecule has 10 heteroatoms. The Labute approximate surface area is 122 Å². The summed E-state index contributed by atoms with van der Waals surface area (Å²) in [6, 6.07) is 1.85. The molecule has 2 rings (SSSR count). The van der Waals surface area contributed by atoms with Crippen LogP contribution in [0.3, 0.4) is 0 Å². The SMILES string of the molecule is O=C1CN(N=Cc2ccc([N+](=O)[O-])o2)C(=O)N1.[Na+]. The van der Waals surface area contributed by atoms with Gasteiger partial charge in [-0.2, -0.15) is 5.10 Å². The third kappa shape index (κ3) is 3.15. The summed E-state index contributed by atoms with van der Waals surface area (Å²) >= 11 is 0. The van der Waals surface area contributed by atoms with Crippen LogP contribution in [0.4, 0.5) is 10.7 Å². The van der Waals surface area contributed by atoms with E-state index in [9.17, 15) is 19.7 Å². The first-order chi connectivity index (χ1) is 8.06. The first-order valence-corrected chi connectivity index (χ1v) is 4.46. The van der Waals surface area contributed by atoms with E-state index in [1.54, 1.807) is 0 Å². The Morgan fingerprint density at radius 2 is 2.22 bits per heavy atom. The molecule has 0 atom stereocenters. The van der Waals surface area contributed by atoms with E-state index in [0.717, 1.165) is 17.3 Å². The Morgan fingerprint density at radius 1 is 1.50 bits per heavy atom. The van der Waals surface area contributed by atoms with Crippen molar-refractivity contribution in [2.45, 2.75) is 0 Å². The van der Waals surface area contributed by atoms with Crippen molar-refractivity contribution in [3.8, 4) is 0 Å². The number of urea groups is 1. The molecule has 3 amide bonds. The van der Waals surface area contributed by atoms with Gasteiger partial charge in [-0.05, 0) is 6.07 Å². The minimum Gasteiger partial charge on any atom is -0.400 e. The number of nitrogens with one attached hydrogen (secondary N) is 1. The summed E-state index contributed by atoms with van der Waals surface area (Å²) in [5.41, 5.74) is 0. The maximum absolute atomic E-state index is 11.1. The van der Waals surface area contributed by atoms with E-state index in [-0.39, 0.29) is 41.9 Å². The molecule has 0 radical (unpaired) electrons. The maximum atomic E-state index is 11.1. The number of carbonyl (C=O) groups is 2. The quantitative estimate of drug-likeness (QED) is 0.205. The normalized spacial score (nSPS) is 14.8. The van der Waals surface area contributed by atoms with E-state index in [1.165, 1.54) is 6.07 Å². The Morgan fingerprint density at radius 3 is 2.72 bits per heavy atom. The molecule has 0 spiro atoms. The Balaban J connectivity index is 0.00000162. The summed E-state index contributed by atoms with van der Waals surface area (Å²) in [5.74, 6) is -0.769. The molecule has 0 saturated carbocycles. The van der Waals surface area contributed by atoms with Gasteiger partial charge in [0, 0.05) is 0 Å². The van der Waals surface area contributed by atoms with Gasteiger partial charge < -0.3 is 4.42 Å². The fourth-order valence-corrected chi connectivity index (χ4v) is 1.16. The molecule has 0 unspecified atom stereocenters. The fourth-order valence-electron chi connectivity index (χ4n) is 1.16. The van der Waals surface area contributed by atoms with Crippen LogP contribution in [0.15, 0.2) is 21.7 Å². The zero-order chi connectivity index (χ0) is 12.4. The molecule has 0 aromatic carbocycles. The van der Waals surface area contributed by atoms with E-state index >= 15 is 0 Å². The van der Waals surface area contributed by atoms with Crippen molar-refractivity contribution in [1.82, 2.24) is 10.3 Å². The van der Waals surface area contributed by atoms with Crippen LogP contribution < -0.4 is 34.9 Å². The van der Waals surface area contributed by atoms with Gasteiger partial charge in [0.1, 0.15) is 11.5 Å². The van der Waals surface area contributed by atoms with Gasteiger partial charge in [-0.1, -0.05) is 0 Å². The van der Waals surface area contributed by atoms with Crippen LogP contribution in [-0.2, 0) is 4.79 Å². The number of hydrogen-bond donors (Lipinski definition) is 1. The molecular weight excluding hydrogens is 255 g/mol. The maximum Gasteiger partial charge on any atom is 1.00 e. The molecule has 0 aliphatic carbocycles. The van der Waals surface area contributed by atoms with Gasteiger partial charge >= 0.3 is 41.5 Å². The Bertz CT molecular complexity index is 525. The van der Waals surface area contributed by atoms with Crippen molar-refractivity contribution in [2.75, 3.05) is 6.54 Å². The first kappa shape index (κ1) is 14.4. The van der Waals surface area contributed by atoms with Gasteiger partial charge in [0.05, 0.1) is 12.3 Å². The van der Waals surface area contributed by atoms with Crippen LogP contribution in [0.25, 0.3) is 0 Å². The van der Waals surface area contributed by atoms with Crippen LogP contribution in [0.2, 0.25) is 0 Å². The molecule has 1 N–H and O–H groups in total. The summed E-state index contributed by atoms with van der Waals surface area (Å²) in [4.78, 5) is 31.5. The third-order valence-electron chi connectivity index (χ3n) is 1.89. The van der Waals surface area contributed by atoms with Crippen LogP contribution in [0.5, 0.6) is 0 Å².